The van der Waals surface area contributed by atoms with Crippen LogP contribution >= 0.6 is 0 Å². The van der Waals surface area contributed by atoms with E-state index in [0.29, 0.717) is 25.3 Å². The Morgan fingerprint density at radius 1 is 1.16 bits per heavy atom. The average Bonchev–Trinajstić information content (AvgIpc) is 2.60. The van der Waals surface area contributed by atoms with Crippen LogP contribution in [0.1, 0.15) is 16.1 Å². The van der Waals surface area contributed by atoms with E-state index < -0.39 is 10.0 Å². The molecule has 0 fully saturated rings. The highest BCUT2D eigenvalue weighted by molar-refractivity contribution is 7.89. The summed E-state index contributed by atoms with van der Waals surface area (Å²) < 4.78 is 22.4. The first-order chi connectivity index (χ1) is 11.9. The lowest BCUT2D eigenvalue weighted by molar-refractivity contribution is 0.0948. The zero-order valence-electron chi connectivity index (χ0n) is 13.5. The van der Waals surface area contributed by atoms with Crippen molar-refractivity contribution >= 4 is 21.7 Å². The van der Waals surface area contributed by atoms with E-state index in [1.165, 1.54) is 12.1 Å². The normalized spacial score (nSPS) is 10.9. The van der Waals surface area contributed by atoms with Gasteiger partial charge < -0.3 is 10.6 Å². The Hall–Kier alpha value is -2.78. The average molecular weight is 361 g/mol. The molecule has 1 aromatic carbocycles. The second kappa shape index (κ2) is 8.36. The number of nitrogens with one attached hydrogen (secondary N) is 2. The SMILES string of the molecule is C=CCNc1ccc(C(=O)NCCc2ccc(S(N)(=O)=O)cc2)nn1. The number of sulfonamides is 1. The molecule has 8 nitrogen and oxygen atoms in total. The number of hydrogen-bond donors (Lipinski definition) is 3. The number of rotatable bonds is 8. The Morgan fingerprint density at radius 3 is 2.44 bits per heavy atom. The van der Waals surface area contributed by atoms with E-state index in [2.05, 4.69) is 27.4 Å². The summed E-state index contributed by atoms with van der Waals surface area (Å²) >= 11 is 0. The van der Waals surface area contributed by atoms with Crippen molar-refractivity contribution in [1.29, 1.82) is 0 Å². The summed E-state index contributed by atoms with van der Waals surface area (Å²) in [7, 11) is -3.69. The summed E-state index contributed by atoms with van der Waals surface area (Å²) in [4.78, 5) is 12.1. The van der Waals surface area contributed by atoms with Gasteiger partial charge in [0.25, 0.3) is 5.91 Å². The molecule has 0 aliphatic carbocycles. The minimum atomic E-state index is -3.69. The highest BCUT2D eigenvalue weighted by Gasteiger charge is 2.09. The Labute approximate surface area is 146 Å². The van der Waals surface area contributed by atoms with Gasteiger partial charge in [-0.25, -0.2) is 13.6 Å². The van der Waals surface area contributed by atoms with Gasteiger partial charge in [-0.2, -0.15) is 0 Å². The van der Waals surface area contributed by atoms with Gasteiger partial charge in [0, 0.05) is 13.1 Å². The molecule has 2 aromatic rings. The molecule has 0 aliphatic rings. The summed E-state index contributed by atoms with van der Waals surface area (Å²) in [6.07, 6.45) is 2.24. The summed E-state index contributed by atoms with van der Waals surface area (Å²) in [5.74, 6) is 0.232. The zero-order valence-corrected chi connectivity index (χ0v) is 14.3. The van der Waals surface area contributed by atoms with Gasteiger partial charge in [0.15, 0.2) is 5.69 Å². The van der Waals surface area contributed by atoms with Crippen LogP contribution in [-0.2, 0) is 16.4 Å². The molecule has 0 atom stereocenters. The maximum absolute atomic E-state index is 12.0. The molecule has 1 aromatic heterocycles. The van der Waals surface area contributed by atoms with Crippen LogP contribution in [0.4, 0.5) is 5.82 Å². The van der Waals surface area contributed by atoms with Crippen molar-refractivity contribution in [1.82, 2.24) is 15.5 Å². The van der Waals surface area contributed by atoms with Crippen LogP contribution in [0.3, 0.4) is 0 Å². The van der Waals surface area contributed by atoms with Crippen LogP contribution < -0.4 is 15.8 Å². The van der Waals surface area contributed by atoms with Crippen LogP contribution in [0.25, 0.3) is 0 Å². The second-order valence-corrected chi connectivity index (χ2v) is 6.73. The van der Waals surface area contributed by atoms with E-state index in [-0.39, 0.29) is 16.5 Å². The van der Waals surface area contributed by atoms with Crippen LogP contribution in [0.5, 0.6) is 0 Å². The van der Waals surface area contributed by atoms with Gasteiger partial charge in [-0.3, -0.25) is 4.79 Å². The molecule has 1 heterocycles. The Morgan fingerprint density at radius 2 is 1.88 bits per heavy atom. The maximum atomic E-state index is 12.0. The van der Waals surface area contributed by atoms with Gasteiger partial charge in [-0.1, -0.05) is 18.2 Å². The monoisotopic (exact) mass is 361 g/mol. The van der Waals surface area contributed by atoms with Crippen molar-refractivity contribution in [2.24, 2.45) is 5.14 Å². The van der Waals surface area contributed by atoms with Gasteiger partial charge >= 0.3 is 0 Å². The standard InChI is InChI=1S/C16H19N5O3S/c1-2-10-18-15-8-7-14(20-21-15)16(22)19-11-9-12-3-5-13(6-4-12)25(17,23)24/h2-8H,1,9-11H2,(H,18,21)(H,19,22)(H2,17,23,24). The van der Waals surface area contributed by atoms with Crippen molar-refractivity contribution in [2.75, 3.05) is 18.4 Å². The maximum Gasteiger partial charge on any atom is 0.271 e. The number of amides is 1. The number of primary sulfonamides is 1. The lowest BCUT2D eigenvalue weighted by Crippen LogP contribution is -2.26. The fourth-order valence-electron chi connectivity index (χ4n) is 1.98. The van der Waals surface area contributed by atoms with Crippen LogP contribution in [0, 0.1) is 0 Å². The number of aromatic nitrogens is 2. The molecule has 0 spiro atoms. The predicted octanol–water partition coefficient (Wildman–Crippen LogP) is 0.694. The molecule has 0 bridgehead atoms. The zero-order chi connectivity index (χ0) is 18.3. The highest BCUT2D eigenvalue weighted by Crippen LogP contribution is 2.09. The fraction of sp³-hybridized carbons (Fsp3) is 0.188. The molecule has 0 unspecified atom stereocenters. The van der Waals surface area contributed by atoms with E-state index in [0.717, 1.165) is 5.56 Å². The molecule has 1 amide bonds. The number of carbonyl (C=O) groups excluding carboxylic acids is 1. The molecule has 0 aliphatic heterocycles. The van der Waals surface area contributed by atoms with Crippen molar-refractivity contribution in [2.45, 2.75) is 11.3 Å². The molecule has 0 saturated carbocycles. The molecular weight excluding hydrogens is 342 g/mol. The van der Waals surface area contributed by atoms with Crippen LogP contribution in [0.2, 0.25) is 0 Å². The third kappa shape index (κ3) is 5.66. The Balaban J connectivity index is 1.84. The van der Waals surface area contributed by atoms with Gasteiger partial charge in [0.1, 0.15) is 5.82 Å². The third-order valence-electron chi connectivity index (χ3n) is 3.28. The van der Waals surface area contributed by atoms with Gasteiger partial charge in [-0.05, 0) is 36.2 Å². The molecule has 9 heteroatoms. The number of hydrogen-bond acceptors (Lipinski definition) is 6. The molecule has 4 N–H and O–H groups in total. The summed E-state index contributed by atoms with van der Waals surface area (Å²) in [5.41, 5.74) is 1.09. The van der Waals surface area contributed by atoms with Gasteiger partial charge in [0.2, 0.25) is 10.0 Å². The van der Waals surface area contributed by atoms with Crippen molar-refractivity contribution < 1.29 is 13.2 Å². The number of nitrogens with two attached hydrogens (primary N) is 1. The first kappa shape index (κ1) is 18.6. The van der Waals surface area contributed by atoms with E-state index in [1.807, 2.05) is 0 Å². The molecule has 2 rings (SSSR count). The number of anilines is 1. The van der Waals surface area contributed by atoms with Crippen molar-refractivity contribution in [3.63, 3.8) is 0 Å². The summed E-state index contributed by atoms with van der Waals surface area (Å²) in [5, 5.41) is 18.5. The van der Waals surface area contributed by atoms with Crippen LogP contribution in [-0.4, -0.2) is 37.6 Å². The number of benzene rings is 1. The molecule has 0 saturated heterocycles. The van der Waals surface area contributed by atoms with E-state index in [1.54, 1.807) is 30.3 Å². The lowest BCUT2D eigenvalue weighted by atomic mass is 10.1. The number of carbonyl (C=O) groups is 1. The van der Waals surface area contributed by atoms with E-state index in [4.69, 9.17) is 5.14 Å². The van der Waals surface area contributed by atoms with E-state index in [9.17, 15) is 13.2 Å². The fourth-order valence-corrected chi connectivity index (χ4v) is 2.50. The molecule has 0 radical (unpaired) electrons. The summed E-state index contributed by atoms with van der Waals surface area (Å²) in [6.45, 7) is 4.53. The Bertz CT molecular complexity index is 833. The molecule has 132 valence electrons. The predicted molar refractivity (Wildman–Crippen MR) is 94.6 cm³/mol. The van der Waals surface area contributed by atoms with Crippen molar-refractivity contribution in [3.8, 4) is 0 Å². The van der Waals surface area contributed by atoms with E-state index >= 15 is 0 Å². The smallest absolute Gasteiger partial charge is 0.271 e. The minimum absolute atomic E-state index is 0.0562. The Kier molecular flexibility index (Phi) is 6.20. The summed E-state index contributed by atoms with van der Waals surface area (Å²) in [6, 6.07) is 9.43. The second-order valence-electron chi connectivity index (χ2n) is 5.17. The lowest BCUT2D eigenvalue weighted by Gasteiger charge is -2.06. The van der Waals surface area contributed by atoms with Crippen LogP contribution in [0.15, 0.2) is 53.9 Å². The number of nitrogens with zero attached hydrogens (tertiary/aromatic N) is 2. The molecular formula is C16H19N5O3S. The first-order valence-corrected chi connectivity index (χ1v) is 9.03. The van der Waals surface area contributed by atoms with Gasteiger partial charge in [0.05, 0.1) is 4.90 Å². The largest absolute Gasteiger partial charge is 0.365 e. The molecule has 25 heavy (non-hydrogen) atoms. The van der Waals surface area contributed by atoms with Crippen molar-refractivity contribution in [3.05, 3.63) is 60.3 Å². The first-order valence-electron chi connectivity index (χ1n) is 7.48. The quantitative estimate of drug-likeness (QED) is 0.594. The third-order valence-corrected chi connectivity index (χ3v) is 4.21. The van der Waals surface area contributed by atoms with Gasteiger partial charge in [-0.15, -0.1) is 16.8 Å². The highest BCUT2D eigenvalue weighted by atomic mass is 32.2. The topological polar surface area (TPSA) is 127 Å². The minimum Gasteiger partial charge on any atom is -0.365 e.